The van der Waals surface area contributed by atoms with Crippen molar-refractivity contribution in [2.24, 2.45) is 0 Å². The Balaban J connectivity index is 1.83. The maximum Gasteiger partial charge on any atom is 0.335 e. The number of hydrogen-bond acceptors (Lipinski definition) is 7. The van der Waals surface area contributed by atoms with Crippen molar-refractivity contribution in [2.75, 3.05) is 0 Å². The summed E-state index contributed by atoms with van der Waals surface area (Å²) in [4.78, 5) is 23.8. The molecule has 38 heavy (non-hydrogen) atoms. The molecule has 9 nitrogen and oxygen atoms in total. The van der Waals surface area contributed by atoms with Crippen molar-refractivity contribution >= 4 is 11.9 Å². The summed E-state index contributed by atoms with van der Waals surface area (Å²) in [5.41, 5.74) is -3.53. The molecule has 0 bridgehead atoms. The second-order valence-corrected chi connectivity index (χ2v) is 9.51. The first-order valence-electron chi connectivity index (χ1n) is 12.1. The predicted molar refractivity (Wildman–Crippen MR) is 136 cm³/mol. The van der Waals surface area contributed by atoms with Crippen LogP contribution in [-0.2, 0) is 28.9 Å². The zero-order chi connectivity index (χ0) is 27.5. The summed E-state index contributed by atoms with van der Waals surface area (Å²) in [7, 11) is 0. The number of aliphatic hydroxyl groups is 3. The molecule has 0 aliphatic carbocycles. The average Bonchev–Trinajstić information content (AvgIpc) is 2.88. The third-order valence-electron chi connectivity index (χ3n) is 7.18. The van der Waals surface area contributed by atoms with Crippen LogP contribution in [0.15, 0.2) is 78.9 Å². The maximum atomic E-state index is 12.4. The largest absolute Gasteiger partial charge is 0.478 e. The first-order chi connectivity index (χ1) is 18.1. The highest BCUT2D eigenvalue weighted by Gasteiger charge is 2.64. The van der Waals surface area contributed by atoms with E-state index in [0.717, 1.165) is 5.56 Å². The van der Waals surface area contributed by atoms with Crippen LogP contribution in [-0.4, -0.2) is 67.2 Å². The Morgan fingerprint density at radius 1 is 0.789 bits per heavy atom. The number of benzene rings is 3. The molecule has 9 heteroatoms. The van der Waals surface area contributed by atoms with Crippen LogP contribution in [0.25, 0.3) is 0 Å². The van der Waals surface area contributed by atoms with Gasteiger partial charge in [-0.15, -0.1) is 0 Å². The van der Waals surface area contributed by atoms with Crippen molar-refractivity contribution in [3.63, 3.8) is 0 Å². The van der Waals surface area contributed by atoms with Crippen LogP contribution in [0.5, 0.6) is 0 Å². The van der Waals surface area contributed by atoms with Gasteiger partial charge in [-0.1, -0.05) is 66.7 Å². The van der Waals surface area contributed by atoms with Gasteiger partial charge in [0.15, 0.2) is 6.29 Å². The van der Waals surface area contributed by atoms with E-state index in [0.29, 0.717) is 0 Å². The van der Waals surface area contributed by atoms with Gasteiger partial charge in [-0.25, -0.2) is 9.59 Å². The summed E-state index contributed by atoms with van der Waals surface area (Å²) in [5, 5.41) is 54.9. The number of aromatic carboxylic acids is 2. The molecule has 0 amide bonds. The average molecular weight is 523 g/mol. The van der Waals surface area contributed by atoms with E-state index in [4.69, 9.17) is 9.47 Å². The molecule has 0 aromatic heterocycles. The van der Waals surface area contributed by atoms with E-state index in [-0.39, 0.29) is 35.3 Å². The molecule has 5 atom stereocenters. The van der Waals surface area contributed by atoms with Gasteiger partial charge in [-0.2, -0.15) is 0 Å². The molecule has 1 saturated heterocycles. The highest BCUT2D eigenvalue weighted by atomic mass is 16.7. The minimum atomic E-state index is -2.31. The molecule has 1 heterocycles. The molecule has 0 saturated carbocycles. The Bertz CT molecular complexity index is 1290. The van der Waals surface area contributed by atoms with Crippen molar-refractivity contribution in [1.29, 1.82) is 0 Å². The fourth-order valence-corrected chi connectivity index (χ4v) is 5.11. The molecule has 1 aliphatic rings. The molecule has 200 valence electrons. The second-order valence-electron chi connectivity index (χ2n) is 9.51. The van der Waals surface area contributed by atoms with Gasteiger partial charge in [0.1, 0.15) is 17.3 Å². The number of hydrogen-bond donors (Lipinski definition) is 5. The Hall–Kier alpha value is -3.60. The standard InChI is InChI=1S/C29H30O9/c1-18-28(35,15-20-11-5-7-13-22(20)25(30)31)29(36,16-21-12-6-8-14-23(21)26(32)33)24(27(34)38-18)37-17-19-9-3-2-4-10-19/h2-14,18,24,27,34-36H,15-17H2,1H3,(H,30,31)(H,32,33)/t18-,24+,27+,28+,29-/m1/s1. The predicted octanol–water partition coefficient (Wildman–Crippen LogP) is 2.65. The third kappa shape index (κ3) is 5.20. The first-order valence-corrected chi connectivity index (χ1v) is 12.1. The van der Waals surface area contributed by atoms with Gasteiger partial charge in [-0.3, -0.25) is 0 Å². The van der Waals surface area contributed by atoms with Crippen LogP contribution in [0.3, 0.4) is 0 Å². The molecule has 3 aromatic carbocycles. The zero-order valence-electron chi connectivity index (χ0n) is 20.7. The van der Waals surface area contributed by atoms with Gasteiger partial charge >= 0.3 is 11.9 Å². The Morgan fingerprint density at radius 2 is 1.26 bits per heavy atom. The smallest absolute Gasteiger partial charge is 0.335 e. The number of carboxylic acids is 2. The number of carbonyl (C=O) groups is 2. The second kappa shape index (κ2) is 11.0. The quantitative estimate of drug-likeness (QED) is 0.285. The number of rotatable bonds is 9. The molecule has 1 aliphatic heterocycles. The van der Waals surface area contributed by atoms with Crippen LogP contribution in [0.4, 0.5) is 0 Å². The lowest BCUT2D eigenvalue weighted by Crippen LogP contribution is -2.75. The minimum Gasteiger partial charge on any atom is -0.478 e. The molecular formula is C29H30O9. The Kier molecular flexibility index (Phi) is 7.96. The van der Waals surface area contributed by atoms with Crippen molar-refractivity contribution < 1.29 is 44.6 Å². The van der Waals surface area contributed by atoms with Crippen molar-refractivity contribution in [1.82, 2.24) is 0 Å². The van der Waals surface area contributed by atoms with E-state index in [9.17, 15) is 35.1 Å². The van der Waals surface area contributed by atoms with Crippen LogP contribution in [0.2, 0.25) is 0 Å². The van der Waals surface area contributed by atoms with Gasteiger partial charge in [-0.05, 0) is 35.7 Å². The van der Waals surface area contributed by atoms with E-state index < -0.39 is 48.1 Å². The third-order valence-corrected chi connectivity index (χ3v) is 7.18. The summed E-state index contributed by atoms with van der Waals surface area (Å²) < 4.78 is 11.6. The molecule has 5 N–H and O–H groups in total. The summed E-state index contributed by atoms with van der Waals surface area (Å²) in [6, 6.07) is 21.1. The van der Waals surface area contributed by atoms with Crippen molar-refractivity contribution in [3.8, 4) is 0 Å². The highest BCUT2D eigenvalue weighted by Crippen LogP contribution is 2.44. The van der Waals surface area contributed by atoms with Crippen LogP contribution in [0.1, 0.15) is 44.3 Å². The van der Waals surface area contributed by atoms with Crippen molar-refractivity contribution in [3.05, 3.63) is 107 Å². The van der Waals surface area contributed by atoms with Gasteiger partial charge in [0.2, 0.25) is 0 Å². The van der Waals surface area contributed by atoms with Crippen LogP contribution >= 0.6 is 0 Å². The Morgan fingerprint density at radius 3 is 1.79 bits per heavy atom. The Labute approximate surface area is 219 Å². The van der Waals surface area contributed by atoms with Gasteiger partial charge in [0, 0.05) is 12.8 Å². The fourth-order valence-electron chi connectivity index (χ4n) is 5.11. The van der Waals surface area contributed by atoms with E-state index in [1.165, 1.54) is 37.3 Å². The van der Waals surface area contributed by atoms with Gasteiger partial charge < -0.3 is 35.0 Å². The number of ether oxygens (including phenoxy) is 2. The normalized spacial score (nSPS) is 27.1. The molecule has 0 spiro atoms. The van der Waals surface area contributed by atoms with E-state index in [2.05, 4.69) is 0 Å². The molecular weight excluding hydrogens is 492 g/mol. The number of carboxylic acid groups (broad SMARTS) is 2. The molecule has 0 radical (unpaired) electrons. The lowest BCUT2D eigenvalue weighted by atomic mass is 9.66. The number of aliphatic hydroxyl groups excluding tert-OH is 1. The SMILES string of the molecule is C[C@H]1O[C@H](O)[C@H](OCc2ccccc2)[C@](O)(Cc2ccccc2C(=O)O)[C@]1(O)Cc1ccccc1C(=O)O. The summed E-state index contributed by atoms with van der Waals surface area (Å²) in [6.07, 6.45) is -5.20. The van der Waals surface area contributed by atoms with Crippen LogP contribution in [0, 0.1) is 0 Å². The fraction of sp³-hybridized carbons (Fsp3) is 0.310. The highest BCUT2D eigenvalue weighted by molar-refractivity contribution is 5.90. The first kappa shape index (κ1) is 27.4. The molecule has 0 unspecified atom stereocenters. The van der Waals surface area contributed by atoms with E-state index >= 15 is 0 Å². The molecule has 4 rings (SSSR count). The zero-order valence-corrected chi connectivity index (χ0v) is 20.7. The molecule has 3 aromatic rings. The molecule has 1 fully saturated rings. The summed E-state index contributed by atoms with van der Waals surface area (Å²) in [5.74, 6) is -2.45. The monoisotopic (exact) mass is 522 g/mol. The summed E-state index contributed by atoms with van der Waals surface area (Å²) in [6.45, 7) is 1.40. The van der Waals surface area contributed by atoms with Gasteiger partial charge in [0.05, 0.1) is 23.8 Å². The van der Waals surface area contributed by atoms with Crippen molar-refractivity contribution in [2.45, 2.75) is 56.1 Å². The summed E-state index contributed by atoms with van der Waals surface area (Å²) >= 11 is 0. The van der Waals surface area contributed by atoms with E-state index in [1.54, 1.807) is 42.5 Å². The lowest BCUT2D eigenvalue weighted by molar-refractivity contribution is -0.359. The van der Waals surface area contributed by atoms with Crippen LogP contribution < -0.4 is 0 Å². The maximum absolute atomic E-state index is 12.4. The topological polar surface area (TPSA) is 154 Å². The van der Waals surface area contributed by atoms with E-state index in [1.807, 2.05) is 6.07 Å². The van der Waals surface area contributed by atoms with Gasteiger partial charge in [0.25, 0.3) is 0 Å². The minimum absolute atomic E-state index is 0.0506. The lowest BCUT2D eigenvalue weighted by Gasteiger charge is -2.55.